The molecule has 2 aromatic rings. The standard InChI is InChI=1S/C22H28N4O2/c1-15-4-7-20(12-16(15)2)25-14-17(13-21(25)27)22(28)24-18-5-8-19(9-6-18)26-11-3-10-23-26/h3-4,7,10-12,17-19H,5-6,8-9,13-14H2,1-2H3,(H,24,28). The zero-order chi connectivity index (χ0) is 19.7. The topological polar surface area (TPSA) is 67.2 Å². The Kier molecular flexibility index (Phi) is 5.20. The Balaban J connectivity index is 1.32. The Hall–Kier alpha value is -2.63. The molecule has 1 unspecified atom stereocenters. The second kappa shape index (κ2) is 7.78. The largest absolute Gasteiger partial charge is 0.353 e. The molecule has 1 atom stereocenters. The Bertz CT molecular complexity index is 853. The maximum absolute atomic E-state index is 12.8. The van der Waals surface area contributed by atoms with Crippen LogP contribution >= 0.6 is 0 Å². The van der Waals surface area contributed by atoms with Gasteiger partial charge in [0.05, 0.1) is 12.0 Å². The van der Waals surface area contributed by atoms with E-state index in [1.807, 2.05) is 48.3 Å². The van der Waals surface area contributed by atoms with Crippen molar-refractivity contribution in [1.29, 1.82) is 0 Å². The number of nitrogens with zero attached hydrogens (tertiary/aromatic N) is 3. The SMILES string of the molecule is Cc1ccc(N2CC(C(=O)NC3CCC(n4cccn4)CC3)CC2=O)cc1C. The van der Waals surface area contributed by atoms with Crippen molar-refractivity contribution in [3.63, 3.8) is 0 Å². The molecule has 2 fully saturated rings. The van der Waals surface area contributed by atoms with Gasteiger partial charge in [0.1, 0.15) is 0 Å². The fourth-order valence-electron chi connectivity index (χ4n) is 4.33. The number of aromatic nitrogens is 2. The molecule has 0 spiro atoms. The lowest BCUT2D eigenvalue weighted by atomic mass is 9.91. The summed E-state index contributed by atoms with van der Waals surface area (Å²) in [5, 5.41) is 7.52. The van der Waals surface area contributed by atoms with Gasteiger partial charge >= 0.3 is 0 Å². The minimum Gasteiger partial charge on any atom is -0.353 e. The van der Waals surface area contributed by atoms with Crippen LogP contribution in [0.25, 0.3) is 0 Å². The number of carbonyl (C=O) groups excluding carboxylic acids is 2. The van der Waals surface area contributed by atoms with Crippen molar-refractivity contribution in [3.8, 4) is 0 Å². The summed E-state index contributed by atoms with van der Waals surface area (Å²) >= 11 is 0. The van der Waals surface area contributed by atoms with Crippen LogP contribution in [-0.4, -0.2) is 34.2 Å². The summed E-state index contributed by atoms with van der Waals surface area (Å²) in [7, 11) is 0. The van der Waals surface area contributed by atoms with Gasteiger partial charge in [0.15, 0.2) is 0 Å². The predicted molar refractivity (Wildman–Crippen MR) is 108 cm³/mol. The highest BCUT2D eigenvalue weighted by atomic mass is 16.2. The summed E-state index contributed by atoms with van der Waals surface area (Å²) in [6.07, 6.45) is 8.06. The summed E-state index contributed by atoms with van der Waals surface area (Å²) in [6, 6.07) is 8.61. The van der Waals surface area contributed by atoms with Gasteiger partial charge in [-0.15, -0.1) is 0 Å². The highest BCUT2D eigenvalue weighted by Crippen LogP contribution is 2.30. The third-order valence-electron chi connectivity index (χ3n) is 6.24. The predicted octanol–water partition coefficient (Wildman–Crippen LogP) is 3.15. The molecule has 6 nitrogen and oxygen atoms in total. The monoisotopic (exact) mass is 380 g/mol. The molecular formula is C22H28N4O2. The van der Waals surface area contributed by atoms with E-state index in [2.05, 4.69) is 17.3 Å². The van der Waals surface area contributed by atoms with Crippen molar-refractivity contribution in [3.05, 3.63) is 47.8 Å². The Morgan fingerprint density at radius 2 is 1.93 bits per heavy atom. The number of anilines is 1. The maximum Gasteiger partial charge on any atom is 0.227 e. The van der Waals surface area contributed by atoms with E-state index in [9.17, 15) is 9.59 Å². The van der Waals surface area contributed by atoms with E-state index in [4.69, 9.17) is 0 Å². The first-order valence-electron chi connectivity index (χ1n) is 10.2. The molecule has 2 aliphatic rings. The van der Waals surface area contributed by atoms with Gasteiger partial charge in [0.2, 0.25) is 11.8 Å². The fourth-order valence-corrected chi connectivity index (χ4v) is 4.33. The molecule has 4 rings (SSSR count). The number of carbonyl (C=O) groups is 2. The molecule has 2 heterocycles. The summed E-state index contributed by atoms with van der Waals surface area (Å²) in [4.78, 5) is 27.0. The molecule has 1 N–H and O–H groups in total. The molecule has 1 saturated heterocycles. The molecule has 148 valence electrons. The van der Waals surface area contributed by atoms with E-state index in [1.54, 1.807) is 4.90 Å². The minimum atomic E-state index is -0.266. The van der Waals surface area contributed by atoms with Crippen LogP contribution in [0, 0.1) is 19.8 Å². The van der Waals surface area contributed by atoms with Crippen LogP contribution in [0.15, 0.2) is 36.7 Å². The van der Waals surface area contributed by atoms with E-state index < -0.39 is 0 Å². The van der Waals surface area contributed by atoms with Gasteiger partial charge in [0, 0.05) is 37.1 Å². The molecule has 1 aliphatic carbocycles. The Morgan fingerprint density at radius 1 is 1.14 bits per heavy atom. The molecule has 2 amide bonds. The van der Waals surface area contributed by atoms with Crippen molar-refractivity contribution in [1.82, 2.24) is 15.1 Å². The van der Waals surface area contributed by atoms with Crippen molar-refractivity contribution in [2.75, 3.05) is 11.4 Å². The Labute approximate surface area is 165 Å². The summed E-state index contributed by atoms with van der Waals surface area (Å²) in [5.41, 5.74) is 3.26. The summed E-state index contributed by atoms with van der Waals surface area (Å²) < 4.78 is 2.02. The molecule has 1 aromatic heterocycles. The van der Waals surface area contributed by atoms with Gasteiger partial charge < -0.3 is 10.2 Å². The van der Waals surface area contributed by atoms with Crippen molar-refractivity contribution in [2.45, 2.75) is 58.0 Å². The fraction of sp³-hybridized carbons (Fsp3) is 0.500. The Morgan fingerprint density at radius 3 is 2.61 bits per heavy atom. The van der Waals surface area contributed by atoms with Crippen LogP contribution in [0.5, 0.6) is 0 Å². The second-order valence-electron chi connectivity index (χ2n) is 8.17. The maximum atomic E-state index is 12.8. The van der Waals surface area contributed by atoms with Gasteiger partial charge in [-0.1, -0.05) is 6.07 Å². The molecule has 1 aromatic carbocycles. The number of hydrogen-bond acceptors (Lipinski definition) is 3. The third kappa shape index (κ3) is 3.81. The molecule has 1 aliphatic heterocycles. The van der Waals surface area contributed by atoms with Crippen LogP contribution in [0.2, 0.25) is 0 Å². The molecule has 6 heteroatoms. The van der Waals surface area contributed by atoms with Crippen LogP contribution in [0.3, 0.4) is 0 Å². The lowest BCUT2D eigenvalue weighted by Crippen LogP contribution is -2.42. The highest BCUT2D eigenvalue weighted by molar-refractivity contribution is 6.00. The normalized spacial score (nSPS) is 25.1. The zero-order valence-corrected chi connectivity index (χ0v) is 16.6. The summed E-state index contributed by atoms with van der Waals surface area (Å²) in [5.74, 6) is -0.217. The van der Waals surface area contributed by atoms with Crippen molar-refractivity contribution < 1.29 is 9.59 Å². The van der Waals surface area contributed by atoms with E-state index in [1.165, 1.54) is 5.56 Å². The van der Waals surface area contributed by atoms with Crippen molar-refractivity contribution >= 4 is 17.5 Å². The average molecular weight is 380 g/mol. The first-order valence-corrected chi connectivity index (χ1v) is 10.2. The number of aryl methyl sites for hydroxylation is 2. The lowest BCUT2D eigenvalue weighted by Gasteiger charge is -2.30. The lowest BCUT2D eigenvalue weighted by molar-refractivity contribution is -0.127. The van der Waals surface area contributed by atoms with Crippen LogP contribution in [-0.2, 0) is 9.59 Å². The number of amides is 2. The molecule has 0 bridgehead atoms. The van der Waals surface area contributed by atoms with E-state index in [-0.39, 0.29) is 23.8 Å². The zero-order valence-electron chi connectivity index (χ0n) is 16.6. The number of benzene rings is 1. The molecular weight excluding hydrogens is 352 g/mol. The van der Waals surface area contributed by atoms with Crippen molar-refractivity contribution in [2.24, 2.45) is 5.92 Å². The first kappa shape index (κ1) is 18.7. The second-order valence-corrected chi connectivity index (χ2v) is 8.17. The number of rotatable bonds is 4. The van der Waals surface area contributed by atoms with E-state index in [0.29, 0.717) is 19.0 Å². The van der Waals surface area contributed by atoms with E-state index in [0.717, 1.165) is 36.9 Å². The molecule has 0 radical (unpaired) electrons. The number of nitrogens with one attached hydrogen (secondary N) is 1. The third-order valence-corrected chi connectivity index (χ3v) is 6.24. The highest BCUT2D eigenvalue weighted by Gasteiger charge is 2.36. The van der Waals surface area contributed by atoms with Gasteiger partial charge in [-0.2, -0.15) is 5.10 Å². The van der Waals surface area contributed by atoms with Gasteiger partial charge in [-0.05, 0) is 68.9 Å². The van der Waals surface area contributed by atoms with Crippen LogP contribution in [0.1, 0.15) is 49.3 Å². The van der Waals surface area contributed by atoms with E-state index >= 15 is 0 Å². The smallest absolute Gasteiger partial charge is 0.227 e. The average Bonchev–Trinajstić information content (AvgIpc) is 3.35. The van der Waals surface area contributed by atoms with Gasteiger partial charge in [0.25, 0.3) is 0 Å². The minimum absolute atomic E-state index is 0.0159. The summed E-state index contributed by atoms with van der Waals surface area (Å²) in [6.45, 7) is 4.57. The number of hydrogen-bond donors (Lipinski definition) is 1. The molecule has 28 heavy (non-hydrogen) atoms. The quantitative estimate of drug-likeness (QED) is 0.886. The molecule has 1 saturated carbocycles. The first-order chi connectivity index (χ1) is 13.5. The van der Waals surface area contributed by atoms with Gasteiger partial charge in [-0.3, -0.25) is 14.3 Å². The van der Waals surface area contributed by atoms with Crippen LogP contribution < -0.4 is 10.2 Å². The van der Waals surface area contributed by atoms with Crippen LogP contribution in [0.4, 0.5) is 5.69 Å². The van der Waals surface area contributed by atoms with Gasteiger partial charge in [-0.25, -0.2) is 0 Å².